The normalized spacial score (nSPS) is 12.9. The van der Waals surface area contributed by atoms with Gasteiger partial charge in [0, 0.05) is 12.1 Å². The smallest absolute Gasteiger partial charge is 0.223 e. The molecule has 1 atom stereocenters. The molecule has 0 radical (unpaired) electrons. The van der Waals surface area contributed by atoms with E-state index in [-0.39, 0.29) is 5.95 Å². The Morgan fingerprint density at radius 1 is 1.21 bits per heavy atom. The largest absolute Gasteiger partial charge is 0.383 e. The first-order valence-corrected chi connectivity index (χ1v) is 4.65. The van der Waals surface area contributed by atoms with Crippen molar-refractivity contribution < 1.29 is 0 Å². The molecule has 0 spiro atoms. The number of anilines is 3. The Kier molecular flexibility index (Phi) is 3.11. The average molecular weight is 195 g/mol. The molecule has 0 saturated carbocycles. The fraction of sp³-hybridized carbons (Fsp3) is 0.556. The van der Waals surface area contributed by atoms with E-state index < -0.39 is 0 Å². The maximum absolute atomic E-state index is 5.54. The van der Waals surface area contributed by atoms with Crippen molar-refractivity contribution in [2.24, 2.45) is 5.92 Å². The molecular formula is C9H17N5. The van der Waals surface area contributed by atoms with E-state index >= 15 is 0 Å². The van der Waals surface area contributed by atoms with Crippen molar-refractivity contribution in [3.05, 3.63) is 6.07 Å². The van der Waals surface area contributed by atoms with Crippen molar-refractivity contribution in [1.82, 2.24) is 9.97 Å². The molecule has 0 amide bonds. The van der Waals surface area contributed by atoms with Gasteiger partial charge in [-0.05, 0) is 12.8 Å². The molecule has 5 nitrogen and oxygen atoms in total. The zero-order valence-corrected chi connectivity index (χ0v) is 8.78. The van der Waals surface area contributed by atoms with Crippen LogP contribution in [0.4, 0.5) is 17.6 Å². The first kappa shape index (κ1) is 10.6. The minimum atomic E-state index is 0.198. The Labute approximate surface area is 83.9 Å². The Bertz CT molecular complexity index is 290. The summed E-state index contributed by atoms with van der Waals surface area (Å²) in [4.78, 5) is 7.82. The molecule has 1 heterocycles. The second kappa shape index (κ2) is 4.13. The SMILES string of the molecule is CC(C)[C@H](C)Nc1cc(N)nc(N)n1. The molecule has 0 fully saturated rings. The summed E-state index contributed by atoms with van der Waals surface area (Å²) in [6.45, 7) is 6.34. The van der Waals surface area contributed by atoms with Gasteiger partial charge in [-0.1, -0.05) is 13.8 Å². The van der Waals surface area contributed by atoms with E-state index in [2.05, 4.69) is 36.1 Å². The molecule has 0 aliphatic rings. The second-order valence-electron chi connectivity index (χ2n) is 3.71. The van der Waals surface area contributed by atoms with Gasteiger partial charge in [-0.15, -0.1) is 0 Å². The molecule has 5 N–H and O–H groups in total. The summed E-state index contributed by atoms with van der Waals surface area (Å²) in [7, 11) is 0. The van der Waals surface area contributed by atoms with Crippen LogP contribution in [0.5, 0.6) is 0 Å². The number of nitrogens with two attached hydrogens (primary N) is 2. The third kappa shape index (κ3) is 2.76. The number of rotatable bonds is 3. The van der Waals surface area contributed by atoms with Gasteiger partial charge in [-0.25, -0.2) is 0 Å². The molecule has 0 saturated heterocycles. The van der Waals surface area contributed by atoms with Crippen LogP contribution >= 0.6 is 0 Å². The Morgan fingerprint density at radius 2 is 1.86 bits per heavy atom. The average Bonchev–Trinajstić information content (AvgIpc) is 2.01. The van der Waals surface area contributed by atoms with Gasteiger partial charge in [0.2, 0.25) is 5.95 Å². The van der Waals surface area contributed by atoms with Gasteiger partial charge in [0.25, 0.3) is 0 Å². The highest BCUT2D eigenvalue weighted by molar-refractivity contribution is 5.48. The molecule has 0 bridgehead atoms. The van der Waals surface area contributed by atoms with Crippen LogP contribution in [0.1, 0.15) is 20.8 Å². The van der Waals surface area contributed by atoms with Crippen LogP contribution in [-0.4, -0.2) is 16.0 Å². The van der Waals surface area contributed by atoms with Crippen LogP contribution < -0.4 is 16.8 Å². The fourth-order valence-corrected chi connectivity index (χ4v) is 0.959. The van der Waals surface area contributed by atoms with Crippen molar-refractivity contribution in [1.29, 1.82) is 0 Å². The molecule has 14 heavy (non-hydrogen) atoms. The highest BCUT2D eigenvalue weighted by atomic mass is 15.1. The number of nitrogens with zero attached hydrogens (tertiary/aromatic N) is 2. The summed E-state index contributed by atoms with van der Waals surface area (Å²) >= 11 is 0. The monoisotopic (exact) mass is 195 g/mol. The maximum Gasteiger partial charge on any atom is 0.223 e. The summed E-state index contributed by atoms with van der Waals surface area (Å²) in [5.41, 5.74) is 11.0. The lowest BCUT2D eigenvalue weighted by Gasteiger charge is -2.18. The highest BCUT2D eigenvalue weighted by Gasteiger charge is 2.08. The fourth-order valence-electron chi connectivity index (χ4n) is 0.959. The van der Waals surface area contributed by atoms with Gasteiger partial charge in [-0.3, -0.25) is 0 Å². The van der Waals surface area contributed by atoms with Crippen LogP contribution in [0.15, 0.2) is 6.07 Å². The lowest BCUT2D eigenvalue weighted by atomic mass is 10.1. The predicted octanol–water partition coefficient (Wildman–Crippen LogP) is 1.10. The molecule has 0 unspecified atom stereocenters. The van der Waals surface area contributed by atoms with Crippen molar-refractivity contribution in [3.63, 3.8) is 0 Å². The van der Waals surface area contributed by atoms with Crippen LogP contribution in [0.25, 0.3) is 0 Å². The quantitative estimate of drug-likeness (QED) is 0.672. The molecule has 1 rings (SSSR count). The molecule has 0 aliphatic carbocycles. The number of hydrogen-bond acceptors (Lipinski definition) is 5. The first-order valence-electron chi connectivity index (χ1n) is 4.65. The zero-order valence-electron chi connectivity index (χ0n) is 8.78. The zero-order chi connectivity index (χ0) is 10.7. The van der Waals surface area contributed by atoms with Crippen molar-refractivity contribution >= 4 is 17.6 Å². The Balaban J connectivity index is 2.76. The molecule has 1 aromatic rings. The standard InChI is InChI=1S/C9H17N5/c1-5(2)6(3)12-8-4-7(10)13-9(11)14-8/h4-6H,1-3H3,(H5,10,11,12,13,14)/t6-/m0/s1. The van der Waals surface area contributed by atoms with Crippen molar-refractivity contribution in [3.8, 4) is 0 Å². The third-order valence-electron chi connectivity index (χ3n) is 2.14. The van der Waals surface area contributed by atoms with Gasteiger partial charge in [-0.2, -0.15) is 9.97 Å². The minimum absolute atomic E-state index is 0.198. The molecule has 1 aromatic heterocycles. The van der Waals surface area contributed by atoms with E-state index in [1.54, 1.807) is 6.07 Å². The summed E-state index contributed by atoms with van der Waals surface area (Å²) in [5.74, 6) is 1.78. The number of aromatic nitrogens is 2. The number of nitrogen functional groups attached to an aromatic ring is 2. The molecular weight excluding hydrogens is 178 g/mol. The Hall–Kier alpha value is -1.52. The maximum atomic E-state index is 5.54. The van der Waals surface area contributed by atoms with Crippen molar-refractivity contribution in [2.75, 3.05) is 16.8 Å². The summed E-state index contributed by atoms with van der Waals surface area (Å²) in [6.07, 6.45) is 0. The van der Waals surface area contributed by atoms with E-state index in [1.807, 2.05) is 0 Å². The number of hydrogen-bond donors (Lipinski definition) is 3. The minimum Gasteiger partial charge on any atom is -0.383 e. The van der Waals surface area contributed by atoms with E-state index in [1.165, 1.54) is 0 Å². The summed E-state index contributed by atoms with van der Waals surface area (Å²) < 4.78 is 0. The van der Waals surface area contributed by atoms with E-state index in [9.17, 15) is 0 Å². The van der Waals surface area contributed by atoms with Crippen LogP contribution in [-0.2, 0) is 0 Å². The highest BCUT2D eigenvalue weighted by Crippen LogP contribution is 2.13. The van der Waals surface area contributed by atoms with Gasteiger partial charge in [0.05, 0.1) is 0 Å². The van der Waals surface area contributed by atoms with Crippen LogP contribution in [0.3, 0.4) is 0 Å². The molecule has 0 aromatic carbocycles. The summed E-state index contributed by atoms with van der Waals surface area (Å²) in [6, 6.07) is 2.00. The number of nitrogens with one attached hydrogen (secondary N) is 1. The van der Waals surface area contributed by atoms with E-state index in [0.717, 1.165) is 0 Å². The lowest BCUT2D eigenvalue weighted by molar-refractivity contribution is 0.558. The topological polar surface area (TPSA) is 89.8 Å². The van der Waals surface area contributed by atoms with E-state index in [4.69, 9.17) is 11.5 Å². The summed E-state index contributed by atoms with van der Waals surface area (Å²) in [5, 5.41) is 3.21. The molecule has 0 aliphatic heterocycles. The second-order valence-corrected chi connectivity index (χ2v) is 3.71. The first-order chi connectivity index (χ1) is 6.49. The van der Waals surface area contributed by atoms with Crippen LogP contribution in [0.2, 0.25) is 0 Å². The third-order valence-corrected chi connectivity index (χ3v) is 2.14. The van der Waals surface area contributed by atoms with Crippen LogP contribution in [0, 0.1) is 5.92 Å². The predicted molar refractivity (Wildman–Crippen MR) is 58.8 cm³/mol. The van der Waals surface area contributed by atoms with Gasteiger partial charge in [0.1, 0.15) is 11.6 Å². The van der Waals surface area contributed by atoms with Crippen molar-refractivity contribution in [2.45, 2.75) is 26.8 Å². The van der Waals surface area contributed by atoms with Gasteiger partial charge < -0.3 is 16.8 Å². The Morgan fingerprint density at radius 3 is 2.36 bits per heavy atom. The lowest BCUT2D eigenvalue weighted by Crippen LogP contribution is -2.22. The van der Waals surface area contributed by atoms with Gasteiger partial charge >= 0.3 is 0 Å². The van der Waals surface area contributed by atoms with Gasteiger partial charge in [0.15, 0.2) is 0 Å². The van der Waals surface area contributed by atoms with E-state index in [0.29, 0.717) is 23.6 Å². The molecule has 78 valence electrons. The molecule has 5 heteroatoms.